The lowest BCUT2D eigenvalue weighted by Gasteiger charge is -2.32. The molecule has 2 aromatic rings. The molecule has 1 heterocycles. The average Bonchev–Trinajstić information content (AvgIpc) is 2.70. The molecule has 2 N–H and O–H groups in total. The number of carbonyl (C=O) groups excluding carboxylic acids is 2. The van der Waals surface area contributed by atoms with Crippen LogP contribution in [0.5, 0.6) is 0 Å². The molecule has 0 unspecified atom stereocenters. The molecule has 8 heteroatoms. The third-order valence-corrected chi connectivity index (χ3v) is 5.83. The van der Waals surface area contributed by atoms with Gasteiger partial charge in [0.2, 0.25) is 5.91 Å². The van der Waals surface area contributed by atoms with E-state index in [1.165, 1.54) is 0 Å². The maximum Gasteiger partial charge on any atom is 0.326 e. The summed E-state index contributed by atoms with van der Waals surface area (Å²) in [6, 6.07) is 11.9. The van der Waals surface area contributed by atoms with Gasteiger partial charge in [-0.05, 0) is 36.4 Å². The zero-order chi connectivity index (χ0) is 21.1. The molecule has 0 aromatic heterocycles. The highest BCUT2D eigenvalue weighted by molar-refractivity contribution is 7.99. The number of rotatable bonds is 5. The molecule has 0 radical (unpaired) electrons. The smallest absolute Gasteiger partial charge is 0.326 e. The van der Waals surface area contributed by atoms with Crippen molar-refractivity contribution in [1.29, 1.82) is 0 Å². The molecular formula is C21H27N5O2S. The summed E-state index contributed by atoms with van der Waals surface area (Å²) in [4.78, 5) is 32.4. The molecule has 0 bridgehead atoms. The summed E-state index contributed by atoms with van der Waals surface area (Å²) in [5.74, 6) is -0.105. The van der Waals surface area contributed by atoms with Crippen molar-refractivity contribution in [2.45, 2.75) is 16.2 Å². The van der Waals surface area contributed by atoms with Gasteiger partial charge in [0.05, 0.1) is 11.4 Å². The summed E-state index contributed by atoms with van der Waals surface area (Å²) in [7, 11) is 9.57. The molecule has 0 saturated heterocycles. The normalized spacial score (nSPS) is 12.0. The lowest BCUT2D eigenvalue weighted by atomic mass is 10.2. The van der Waals surface area contributed by atoms with Gasteiger partial charge >= 0.3 is 6.03 Å². The van der Waals surface area contributed by atoms with Crippen molar-refractivity contribution < 1.29 is 9.59 Å². The lowest BCUT2D eigenvalue weighted by Crippen LogP contribution is -2.39. The van der Waals surface area contributed by atoms with Crippen LogP contribution >= 0.6 is 11.8 Å². The van der Waals surface area contributed by atoms with E-state index in [-0.39, 0.29) is 24.9 Å². The van der Waals surface area contributed by atoms with Crippen LogP contribution in [0.1, 0.15) is 6.42 Å². The predicted octanol–water partition coefficient (Wildman–Crippen LogP) is 3.27. The SMILES string of the molecule is CNC(=O)CCNC(=O)N1c2ccc(N(C)C)cc2Sc2cc(N(C)C)ccc21. The van der Waals surface area contributed by atoms with Crippen LogP contribution in [0.25, 0.3) is 0 Å². The van der Waals surface area contributed by atoms with Gasteiger partial charge in [0, 0.05) is 69.4 Å². The first kappa shape index (κ1) is 20.9. The molecule has 0 spiro atoms. The molecule has 0 aliphatic carbocycles. The molecule has 3 rings (SSSR count). The van der Waals surface area contributed by atoms with Crippen LogP contribution in [-0.4, -0.2) is 53.7 Å². The Kier molecular flexibility index (Phi) is 6.22. The summed E-state index contributed by atoms with van der Waals surface area (Å²) in [6.07, 6.45) is 0.240. The molecule has 3 amide bonds. The molecule has 29 heavy (non-hydrogen) atoms. The monoisotopic (exact) mass is 413 g/mol. The Hall–Kier alpha value is -2.87. The quantitative estimate of drug-likeness (QED) is 0.788. The van der Waals surface area contributed by atoms with Gasteiger partial charge in [-0.1, -0.05) is 11.8 Å². The molecule has 0 saturated carbocycles. The molecule has 0 fully saturated rings. The minimum Gasteiger partial charge on any atom is -0.378 e. The van der Waals surface area contributed by atoms with E-state index in [9.17, 15) is 9.59 Å². The highest BCUT2D eigenvalue weighted by atomic mass is 32.2. The molecule has 1 aliphatic rings. The van der Waals surface area contributed by atoms with Gasteiger partial charge in [0.1, 0.15) is 0 Å². The van der Waals surface area contributed by atoms with Crippen LogP contribution in [0.4, 0.5) is 27.5 Å². The van der Waals surface area contributed by atoms with Crippen molar-refractivity contribution in [1.82, 2.24) is 10.6 Å². The largest absolute Gasteiger partial charge is 0.378 e. The van der Waals surface area contributed by atoms with Gasteiger partial charge < -0.3 is 20.4 Å². The first-order valence-electron chi connectivity index (χ1n) is 9.41. The van der Waals surface area contributed by atoms with Gasteiger partial charge in [-0.25, -0.2) is 4.79 Å². The zero-order valence-corrected chi connectivity index (χ0v) is 18.3. The zero-order valence-electron chi connectivity index (χ0n) is 17.4. The van der Waals surface area contributed by atoms with Gasteiger partial charge in [0.15, 0.2) is 0 Å². The van der Waals surface area contributed by atoms with Crippen LogP contribution in [0, 0.1) is 0 Å². The third kappa shape index (κ3) is 4.42. The number of hydrogen-bond acceptors (Lipinski definition) is 5. The van der Waals surface area contributed by atoms with Crippen molar-refractivity contribution >= 4 is 46.4 Å². The number of amides is 3. The second-order valence-electron chi connectivity index (χ2n) is 7.19. The molecular weight excluding hydrogens is 386 g/mol. The lowest BCUT2D eigenvalue weighted by molar-refractivity contribution is -0.120. The molecule has 1 aliphatic heterocycles. The van der Waals surface area contributed by atoms with E-state index < -0.39 is 0 Å². The summed E-state index contributed by atoms with van der Waals surface area (Å²) < 4.78 is 0. The van der Waals surface area contributed by atoms with Crippen LogP contribution in [0.2, 0.25) is 0 Å². The Labute approximate surface area is 176 Å². The van der Waals surface area contributed by atoms with Crippen LogP contribution in [0.15, 0.2) is 46.2 Å². The van der Waals surface area contributed by atoms with Gasteiger partial charge in [-0.15, -0.1) is 0 Å². The second-order valence-corrected chi connectivity index (χ2v) is 8.27. The molecule has 7 nitrogen and oxygen atoms in total. The Morgan fingerprint density at radius 1 is 0.931 bits per heavy atom. The number of anilines is 4. The predicted molar refractivity (Wildman–Crippen MR) is 120 cm³/mol. The minimum atomic E-state index is -0.244. The van der Waals surface area contributed by atoms with Crippen molar-refractivity contribution in [3.63, 3.8) is 0 Å². The van der Waals surface area contributed by atoms with Gasteiger partial charge in [0.25, 0.3) is 0 Å². The van der Waals surface area contributed by atoms with Crippen LogP contribution < -0.4 is 25.3 Å². The van der Waals surface area contributed by atoms with Crippen molar-refractivity contribution in [2.24, 2.45) is 0 Å². The Bertz CT molecular complexity index is 872. The number of carbonyl (C=O) groups is 2. The second kappa shape index (κ2) is 8.65. The summed E-state index contributed by atoms with van der Waals surface area (Å²) in [6.45, 7) is 0.276. The number of urea groups is 1. The minimum absolute atomic E-state index is 0.105. The summed E-state index contributed by atoms with van der Waals surface area (Å²) in [5.41, 5.74) is 3.82. The van der Waals surface area contributed by atoms with Crippen LogP contribution in [-0.2, 0) is 4.79 Å². The maximum absolute atomic E-state index is 13.1. The summed E-state index contributed by atoms with van der Waals surface area (Å²) in [5, 5.41) is 5.44. The fourth-order valence-corrected chi connectivity index (χ4v) is 4.17. The number of nitrogens with zero attached hydrogens (tertiary/aromatic N) is 3. The highest BCUT2D eigenvalue weighted by Crippen LogP contribution is 2.50. The number of hydrogen-bond donors (Lipinski definition) is 2. The van der Waals surface area contributed by atoms with Gasteiger partial charge in [-0.2, -0.15) is 0 Å². The van der Waals surface area contributed by atoms with E-state index in [0.29, 0.717) is 0 Å². The Morgan fingerprint density at radius 2 is 1.45 bits per heavy atom. The first-order chi connectivity index (χ1) is 13.8. The highest BCUT2D eigenvalue weighted by Gasteiger charge is 2.29. The topological polar surface area (TPSA) is 67.9 Å². The van der Waals surface area contributed by atoms with E-state index in [1.54, 1.807) is 23.7 Å². The number of benzene rings is 2. The first-order valence-corrected chi connectivity index (χ1v) is 10.2. The van der Waals surface area contributed by atoms with E-state index in [4.69, 9.17) is 0 Å². The standard InChI is InChI=1S/C21H27N5O2S/c1-22-20(27)10-11-23-21(28)26-16-8-6-14(24(2)3)12-18(16)29-19-13-15(25(4)5)7-9-17(19)26/h6-9,12-13H,10-11H2,1-5H3,(H,22,27)(H,23,28). The number of fused-ring (bicyclic) bond motifs is 2. The van der Waals surface area contributed by atoms with E-state index in [0.717, 1.165) is 32.5 Å². The third-order valence-electron chi connectivity index (χ3n) is 4.73. The van der Waals surface area contributed by atoms with Gasteiger partial charge in [-0.3, -0.25) is 9.69 Å². The average molecular weight is 414 g/mol. The fourth-order valence-electron chi connectivity index (χ4n) is 3.05. The van der Waals surface area contributed by atoms with Crippen molar-refractivity contribution in [2.75, 3.05) is 56.5 Å². The Morgan fingerprint density at radius 3 is 1.90 bits per heavy atom. The molecule has 154 valence electrons. The summed E-state index contributed by atoms with van der Waals surface area (Å²) >= 11 is 1.66. The maximum atomic E-state index is 13.1. The van der Waals surface area contributed by atoms with E-state index >= 15 is 0 Å². The molecule has 0 atom stereocenters. The Balaban J connectivity index is 1.98. The fraction of sp³-hybridized carbons (Fsp3) is 0.333. The number of nitrogens with one attached hydrogen (secondary N) is 2. The van der Waals surface area contributed by atoms with E-state index in [2.05, 4.69) is 22.8 Å². The van der Waals surface area contributed by atoms with Crippen molar-refractivity contribution in [3.8, 4) is 0 Å². The van der Waals surface area contributed by atoms with Crippen molar-refractivity contribution in [3.05, 3.63) is 36.4 Å². The van der Waals surface area contributed by atoms with E-state index in [1.807, 2.05) is 62.3 Å². The molecule has 2 aromatic carbocycles. The van der Waals surface area contributed by atoms with Crippen LogP contribution in [0.3, 0.4) is 0 Å².